The van der Waals surface area contributed by atoms with Crippen LogP contribution < -0.4 is 0 Å². The van der Waals surface area contributed by atoms with E-state index in [0.717, 1.165) is 22.9 Å². The number of hydrogen-bond donors (Lipinski definition) is 0. The Balaban J connectivity index is 2.46. The summed E-state index contributed by atoms with van der Waals surface area (Å²) >= 11 is 0. The van der Waals surface area contributed by atoms with E-state index in [1.54, 1.807) is 13.1 Å². The third kappa shape index (κ3) is 2.23. The maximum absolute atomic E-state index is 4.41. The molecule has 16 heavy (non-hydrogen) atoms. The SMILES string of the molecule is CC#Cc1cccc(-c2ccnc(C)n2)n1. The second-order valence-corrected chi connectivity index (χ2v) is 3.27. The lowest BCUT2D eigenvalue weighted by atomic mass is 10.2. The lowest BCUT2D eigenvalue weighted by Crippen LogP contribution is -1.93. The molecule has 0 fully saturated rings. The summed E-state index contributed by atoms with van der Waals surface area (Å²) in [4.78, 5) is 12.8. The molecule has 0 spiro atoms. The summed E-state index contributed by atoms with van der Waals surface area (Å²) < 4.78 is 0. The van der Waals surface area contributed by atoms with E-state index in [1.807, 2.05) is 31.2 Å². The molecule has 0 aliphatic rings. The largest absolute Gasteiger partial charge is 0.242 e. The quantitative estimate of drug-likeness (QED) is 0.676. The normalized spacial score (nSPS) is 9.38. The fourth-order valence-electron chi connectivity index (χ4n) is 1.37. The maximum atomic E-state index is 4.41. The number of aromatic nitrogens is 3. The molecule has 0 amide bonds. The van der Waals surface area contributed by atoms with Gasteiger partial charge in [0.2, 0.25) is 0 Å². The van der Waals surface area contributed by atoms with Crippen LogP contribution in [0.4, 0.5) is 0 Å². The minimum atomic E-state index is 0.742. The van der Waals surface area contributed by atoms with E-state index in [1.165, 1.54) is 0 Å². The lowest BCUT2D eigenvalue weighted by Gasteiger charge is -2.00. The van der Waals surface area contributed by atoms with Crippen LogP contribution in [0.3, 0.4) is 0 Å². The minimum absolute atomic E-state index is 0.742. The number of rotatable bonds is 1. The van der Waals surface area contributed by atoms with Gasteiger partial charge in [0.05, 0.1) is 11.4 Å². The third-order valence-electron chi connectivity index (χ3n) is 2.04. The van der Waals surface area contributed by atoms with Crippen molar-refractivity contribution in [2.45, 2.75) is 13.8 Å². The van der Waals surface area contributed by atoms with Gasteiger partial charge < -0.3 is 0 Å². The number of aryl methyl sites for hydroxylation is 1. The van der Waals surface area contributed by atoms with Crippen LogP contribution in [-0.4, -0.2) is 15.0 Å². The monoisotopic (exact) mass is 209 g/mol. The molecule has 0 saturated heterocycles. The molecule has 0 atom stereocenters. The molecule has 2 aromatic rings. The lowest BCUT2D eigenvalue weighted by molar-refractivity contribution is 1.05. The van der Waals surface area contributed by atoms with Gasteiger partial charge in [-0.2, -0.15) is 0 Å². The zero-order chi connectivity index (χ0) is 11.4. The molecule has 0 radical (unpaired) electrons. The fourth-order valence-corrected chi connectivity index (χ4v) is 1.37. The fraction of sp³-hybridized carbons (Fsp3) is 0.154. The van der Waals surface area contributed by atoms with E-state index in [0.29, 0.717) is 0 Å². The van der Waals surface area contributed by atoms with Crippen molar-refractivity contribution in [1.29, 1.82) is 0 Å². The molecular formula is C13H11N3. The number of pyridine rings is 1. The zero-order valence-corrected chi connectivity index (χ0v) is 9.23. The van der Waals surface area contributed by atoms with E-state index < -0.39 is 0 Å². The van der Waals surface area contributed by atoms with Gasteiger partial charge in [-0.3, -0.25) is 0 Å². The highest BCUT2D eigenvalue weighted by molar-refractivity contribution is 5.54. The highest BCUT2D eigenvalue weighted by Crippen LogP contribution is 2.13. The molecule has 3 heteroatoms. The molecule has 2 aromatic heterocycles. The zero-order valence-electron chi connectivity index (χ0n) is 9.23. The summed E-state index contributed by atoms with van der Waals surface area (Å²) in [6.45, 7) is 3.66. The van der Waals surface area contributed by atoms with Crippen LogP contribution in [0, 0.1) is 18.8 Å². The first-order valence-electron chi connectivity index (χ1n) is 4.99. The summed E-state index contributed by atoms with van der Waals surface area (Å²) in [7, 11) is 0. The van der Waals surface area contributed by atoms with Crippen LogP contribution in [0.2, 0.25) is 0 Å². The highest BCUT2D eigenvalue weighted by Gasteiger charge is 2.01. The Morgan fingerprint density at radius 1 is 1.06 bits per heavy atom. The molecule has 78 valence electrons. The van der Waals surface area contributed by atoms with Crippen molar-refractivity contribution >= 4 is 0 Å². The second-order valence-electron chi connectivity index (χ2n) is 3.27. The molecule has 0 bridgehead atoms. The Morgan fingerprint density at radius 3 is 2.62 bits per heavy atom. The van der Waals surface area contributed by atoms with Crippen LogP contribution in [0.5, 0.6) is 0 Å². The summed E-state index contributed by atoms with van der Waals surface area (Å²) in [5, 5.41) is 0. The van der Waals surface area contributed by atoms with Crippen LogP contribution in [0.1, 0.15) is 18.4 Å². The number of nitrogens with zero attached hydrogens (tertiary/aromatic N) is 3. The standard InChI is InChI=1S/C13H11N3/c1-3-5-11-6-4-7-12(16-11)13-8-9-14-10(2)15-13/h4,6-9H,1-2H3. The Labute approximate surface area is 94.6 Å². The average molecular weight is 209 g/mol. The Kier molecular flexibility index (Phi) is 2.93. The Morgan fingerprint density at radius 2 is 1.88 bits per heavy atom. The Bertz CT molecular complexity index is 565. The average Bonchev–Trinajstić information content (AvgIpc) is 2.30. The van der Waals surface area contributed by atoms with E-state index in [9.17, 15) is 0 Å². The van der Waals surface area contributed by atoms with Gasteiger partial charge in [-0.05, 0) is 38.0 Å². The molecule has 0 aliphatic carbocycles. The molecule has 0 aromatic carbocycles. The second kappa shape index (κ2) is 4.54. The minimum Gasteiger partial charge on any atom is -0.242 e. The molecule has 0 saturated carbocycles. The van der Waals surface area contributed by atoms with Gasteiger partial charge in [0.1, 0.15) is 11.5 Å². The van der Waals surface area contributed by atoms with Gasteiger partial charge in [-0.1, -0.05) is 12.0 Å². The van der Waals surface area contributed by atoms with Crippen molar-refractivity contribution in [1.82, 2.24) is 15.0 Å². The summed E-state index contributed by atoms with van der Waals surface area (Å²) in [6, 6.07) is 7.58. The topological polar surface area (TPSA) is 38.7 Å². The van der Waals surface area contributed by atoms with Gasteiger partial charge in [-0.15, -0.1) is 0 Å². The first-order valence-corrected chi connectivity index (χ1v) is 4.99. The summed E-state index contributed by atoms with van der Waals surface area (Å²) in [5.41, 5.74) is 2.41. The van der Waals surface area contributed by atoms with Gasteiger partial charge in [0.25, 0.3) is 0 Å². The van der Waals surface area contributed by atoms with Crippen LogP contribution in [0.25, 0.3) is 11.4 Å². The third-order valence-corrected chi connectivity index (χ3v) is 2.04. The van der Waals surface area contributed by atoms with Gasteiger partial charge in [0, 0.05) is 6.20 Å². The first kappa shape index (κ1) is 10.3. The molecular weight excluding hydrogens is 198 g/mol. The summed E-state index contributed by atoms with van der Waals surface area (Å²) in [5.74, 6) is 6.50. The van der Waals surface area contributed by atoms with E-state index in [4.69, 9.17) is 0 Å². The van der Waals surface area contributed by atoms with E-state index >= 15 is 0 Å². The summed E-state index contributed by atoms with van der Waals surface area (Å²) in [6.07, 6.45) is 1.73. The van der Waals surface area contributed by atoms with E-state index in [2.05, 4.69) is 26.8 Å². The molecule has 0 aliphatic heterocycles. The first-order chi connectivity index (χ1) is 7.79. The maximum Gasteiger partial charge on any atom is 0.125 e. The van der Waals surface area contributed by atoms with Gasteiger partial charge >= 0.3 is 0 Å². The molecule has 3 nitrogen and oxygen atoms in total. The molecule has 2 heterocycles. The van der Waals surface area contributed by atoms with Crippen molar-refractivity contribution in [3.8, 4) is 23.2 Å². The van der Waals surface area contributed by atoms with Crippen molar-refractivity contribution in [3.63, 3.8) is 0 Å². The Hall–Kier alpha value is -2.21. The molecule has 0 N–H and O–H groups in total. The predicted octanol–water partition coefficient (Wildman–Crippen LogP) is 2.22. The van der Waals surface area contributed by atoms with Crippen molar-refractivity contribution < 1.29 is 0 Å². The van der Waals surface area contributed by atoms with Crippen LogP contribution in [0.15, 0.2) is 30.5 Å². The van der Waals surface area contributed by atoms with Crippen LogP contribution >= 0.6 is 0 Å². The van der Waals surface area contributed by atoms with Crippen LogP contribution in [-0.2, 0) is 0 Å². The molecule has 0 unspecified atom stereocenters. The van der Waals surface area contributed by atoms with Crippen molar-refractivity contribution in [2.75, 3.05) is 0 Å². The van der Waals surface area contributed by atoms with Gasteiger partial charge in [-0.25, -0.2) is 15.0 Å². The number of hydrogen-bond acceptors (Lipinski definition) is 3. The highest BCUT2D eigenvalue weighted by atomic mass is 14.9. The van der Waals surface area contributed by atoms with E-state index in [-0.39, 0.29) is 0 Å². The van der Waals surface area contributed by atoms with Crippen molar-refractivity contribution in [3.05, 3.63) is 42.0 Å². The molecule has 2 rings (SSSR count). The smallest absolute Gasteiger partial charge is 0.125 e. The predicted molar refractivity (Wildman–Crippen MR) is 62.6 cm³/mol. The van der Waals surface area contributed by atoms with Crippen molar-refractivity contribution in [2.24, 2.45) is 0 Å². The van der Waals surface area contributed by atoms with Gasteiger partial charge in [0.15, 0.2) is 0 Å².